The van der Waals surface area contributed by atoms with Gasteiger partial charge in [0.05, 0.1) is 18.3 Å². The quantitative estimate of drug-likeness (QED) is 0.439. The first-order valence-corrected chi connectivity index (χ1v) is 8.45. The van der Waals surface area contributed by atoms with E-state index in [0.717, 1.165) is 41.7 Å². The lowest BCUT2D eigenvalue weighted by Crippen LogP contribution is -2.34. The Kier molecular flexibility index (Phi) is 4.59. The normalized spacial score (nSPS) is 19.7. The van der Waals surface area contributed by atoms with E-state index in [1.54, 1.807) is 11.8 Å². The highest BCUT2D eigenvalue weighted by Gasteiger charge is 2.34. The predicted octanol–water partition coefficient (Wildman–Crippen LogP) is 2.69. The molecule has 7 heteroatoms. The van der Waals surface area contributed by atoms with Gasteiger partial charge < -0.3 is 16.0 Å². The first-order valence-electron chi connectivity index (χ1n) is 7.19. The molecule has 3 rings (SSSR count). The van der Waals surface area contributed by atoms with Crippen molar-refractivity contribution in [3.63, 3.8) is 0 Å². The smallest absolute Gasteiger partial charge is 0.185 e. The van der Waals surface area contributed by atoms with Crippen molar-refractivity contribution in [3.8, 4) is 0 Å². The number of nitrogens with zero attached hydrogens (tertiary/aromatic N) is 2. The molecule has 2 aliphatic rings. The van der Waals surface area contributed by atoms with Crippen LogP contribution in [0.25, 0.3) is 5.70 Å². The molecule has 2 heterocycles. The second-order valence-corrected chi connectivity index (χ2v) is 6.53. The Bertz CT molecular complexity index is 625. The molecule has 0 bridgehead atoms. The number of halogens is 1. The molecule has 0 aromatic heterocycles. The average Bonchev–Trinajstić information content (AvgIpc) is 3.07. The molecule has 1 aromatic carbocycles. The van der Waals surface area contributed by atoms with Gasteiger partial charge in [-0.15, -0.1) is 0 Å². The number of nitrogens with two attached hydrogens (primary N) is 1. The van der Waals surface area contributed by atoms with Crippen LogP contribution in [-0.2, 0) is 0 Å². The van der Waals surface area contributed by atoms with Crippen molar-refractivity contribution in [2.24, 2.45) is 10.7 Å². The minimum absolute atomic E-state index is 0.0295. The highest BCUT2D eigenvalue weighted by molar-refractivity contribution is 8.16. The van der Waals surface area contributed by atoms with Crippen molar-refractivity contribution in [2.45, 2.75) is 18.9 Å². The van der Waals surface area contributed by atoms with Gasteiger partial charge in [0.1, 0.15) is 0 Å². The van der Waals surface area contributed by atoms with E-state index in [2.05, 4.69) is 20.6 Å². The number of hydrogen-bond donors (Lipinski definition) is 3. The fourth-order valence-corrected chi connectivity index (χ4v) is 3.77. The number of amidine groups is 1. The largest absolute Gasteiger partial charge is 0.370 e. The summed E-state index contributed by atoms with van der Waals surface area (Å²) in [5.41, 5.74) is 7.66. The maximum Gasteiger partial charge on any atom is 0.185 e. The Morgan fingerprint density at radius 1 is 1.45 bits per heavy atom. The lowest BCUT2D eigenvalue weighted by atomic mass is 10.1. The molecular formula is C15H18ClN5S. The van der Waals surface area contributed by atoms with Gasteiger partial charge in [-0.3, -0.25) is 10.4 Å². The Hall–Kier alpha value is -1.66. The van der Waals surface area contributed by atoms with Crippen molar-refractivity contribution in [1.82, 2.24) is 10.2 Å². The molecule has 0 saturated carbocycles. The van der Waals surface area contributed by atoms with Crippen LogP contribution < -0.4 is 11.1 Å². The SMILES string of the molecule is N=C(N)NCCC[C@H]1CN=C2SC=C(c3ccc(Cl)cc3)N21. The van der Waals surface area contributed by atoms with Crippen LogP contribution in [0.4, 0.5) is 0 Å². The third kappa shape index (κ3) is 3.23. The zero-order chi connectivity index (χ0) is 15.5. The Labute approximate surface area is 139 Å². The summed E-state index contributed by atoms with van der Waals surface area (Å²) in [6, 6.07) is 8.30. The lowest BCUT2D eigenvalue weighted by molar-refractivity contribution is 0.425. The van der Waals surface area contributed by atoms with Crippen LogP contribution in [0.3, 0.4) is 0 Å². The van der Waals surface area contributed by atoms with Gasteiger partial charge in [-0.25, -0.2) is 0 Å². The third-order valence-electron chi connectivity index (χ3n) is 3.71. The Morgan fingerprint density at radius 2 is 2.23 bits per heavy atom. The van der Waals surface area contributed by atoms with E-state index < -0.39 is 0 Å². The van der Waals surface area contributed by atoms with Crippen LogP contribution in [0, 0.1) is 5.41 Å². The van der Waals surface area contributed by atoms with Crippen LogP contribution in [0.5, 0.6) is 0 Å². The molecule has 0 unspecified atom stereocenters. The zero-order valence-corrected chi connectivity index (χ0v) is 13.6. The molecule has 2 aliphatic heterocycles. The third-order valence-corrected chi connectivity index (χ3v) is 4.84. The van der Waals surface area contributed by atoms with Gasteiger partial charge in [0.15, 0.2) is 11.1 Å². The van der Waals surface area contributed by atoms with Crippen molar-refractivity contribution in [2.75, 3.05) is 13.1 Å². The minimum atomic E-state index is 0.0295. The van der Waals surface area contributed by atoms with Gasteiger partial charge in [0.2, 0.25) is 0 Å². The van der Waals surface area contributed by atoms with Gasteiger partial charge in [0.25, 0.3) is 0 Å². The van der Waals surface area contributed by atoms with E-state index in [1.165, 1.54) is 5.70 Å². The molecule has 4 N–H and O–H groups in total. The van der Waals surface area contributed by atoms with Crippen molar-refractivity contribution < 1.29 is 0 Å². The number of nitrogens with one attached hydrogen (secondary N) is 2. The van der Waals surface area contributed by atoms with Crippen molar-refractivity contribution in [3.05, 3.63) is 40.3 Å². The van der Waals surface area contributed by atoms with E-state index in [0.29, 0.717) is 6.04 Å². The van der Waals surface area contributed by atoms with Crippen LogP contribution in [0.15, 0.2) is 34.7 Å². The first kappa shape index (κ1) is 15.2. The molecule has 5 nitrogen and oxygen atoms in total. The molecule has 22 heavy (non-hydrogen) atoms. The molecule has 0 radical (unpaired) electrons. The van der Waals surface area contributed by atoms with Crippen LogP contribution in [0.2, 0.25) is 5.02 Å². The average molecular weight is 336 g/mol. The van der Waals surface area contributed by atoms with Gasteiger partial charge in [-0.1, -0.05) is 35.5 Å². The summed E-state index contributed by atoms with van der Waals surface area (Å²) >= 11 is 7.65. The fourth-order valence-electron chi connectivity index (χ4n) is 2.67. The minimum Gasteiger partial charge on any atom is -0.370 e. The van der Waals surface area contributed by atoms with E-state index in [-0.39, 0.29) is 5.96 Å². The molecule has 0 fully saturated rings. The standard InChI is InChI=1S/C15H18ClN5S/c16-11-5-3-10(4-6-11)13-9-22-15-20-8-12(21(13)15)2-1-7-19-14(17)18/h3-6,9,12H,1-2,7-8H2,(H4,17,18,19)/t12-/m0/s1. The van der Waals surface area contributed by atoms with Crippen molar-refractivity contribution in [1.29, 1.82) is 5.41 Å². The zero-order valence-electron chi connectivity index (χ0n) is 12.1. The second-order valence-electron chi connectivity index (χ2n) is 5.26. The number of guanidine groups is 1. The van der Waals surface area contributed by atoms with E-state index in [4.69, 9.17) is 22.7 Å². The van der Waals surface area contributed by atoms with Gasteiger partial charge >= 0.3 is 0 Å². The Balaban J connectivity index is 1.65. The van der Waals surface area contributed by atoms with Crippen molar-refractivity contribution >= 4 is 40.2 Å². The molecule has 0 amide bonds. The summed E-state index contributed by atoms with van der Waals surface area (Å²) in [4.78, 5) is 6.95. The molecule has 1 atom stereocenters. The predicted molar refractivity (Wildman–Crippen MR) is 94.1 cm³/mol. The molecule has 0 saturated heterocycles. The summed E-state index contributed by atoms with van der Waals surface area (Å²) in [5.74, 6) is 0.0295. The number of aliphatic imine (C=N–C) groups is 1. The number of rotatable bonds is 5. The van der Waals surface area contributed by atoms with Gasteiger partial charge in [-0.05, 0) is 30.5 Å². The van der Waals surface area contributed by atoms with Gasteiger partial charge in [0, 0.05) is 17.0 Å². The topological polar surface area (TPSA) is 77.5 Å². The molecule has 0 aliphatic carbocycles. The number of benzene rings is 1. The molecule has 0 spiro atoms. The van der Waals surface area contributed by atoms with Crippen LogP contribution >= 0.6 is 23.4 Å². The number of fused-ring (bicyclic) bond motifs is 1. The Morgan fingerprint density at radius 3 is 2.95 bits per heavy atom. The maximum absolute atomic E-state index is 7.17. The molecule has 116 valence electrons. The van der Waals surface area contributed by atoms with Gasteiger partial charge in [-0.2, -0.15) is 0 Å². The van der Waals surface area contributed by atoms with E-state index >= 15 is 0 Å². The van der Waals surface area contributed by atoms with E-state index in [1.807, 2.05) is 24.3 Å². The fraction of sp³-hybridized carbons (Fsp3) is 0.333. The summed E-state index contributed by atoms with van der Waals surface area (Å²) < 4.78 is 0. The number of thioether (sulfide) groups is 1. The van der Waals surface area contributed by atoms with E-state index in [9.17, 15) is 0 Å². The number of hydrogen-bond acceptors (Lipinski definition) is 4. The lowest BCUT2D eigenvalue weighted by Gasteiger charge is -2.26. The first-order chi connectivity index (χ1) is 10.6. The summed E-state index contributed by atoms with van der Waals surface area (Å²) in [6.07, 6.45) is 1.97. The monoisotopic (exact) mass is 335 g/mol. The highest BCUT2D eigenvalue weighted by Crippen LogP contribution is 2.39. The molecular weight excluding hydrogens is 318 g/mol. The molecule has 1 aromatic rings. The second kappa shape index (κ2) is 6.62. The summed E-state index contributed by atoms with van der Waals surface area (Å²) in [6.45, 7) is 1.55. The maximum atomic E-state index is 7.17. The van der Waals surface area contributed by atoms with Crippen LogP contribution in [-0.4, -0.2) is 35.2 Å². The summed E-state index contributed by atoms with van der Waals surface area (Å²) in [7, 11) is 0. The highest BCUT2D eigenvalue weighted by atomic mass is 35.5. The van der Waals surface area contributed by atoms with Crippen LogP contribution in [0.1, 0.15) is 18.4 Å². The summed E-state index contributed by atoms with van der Waals surface area (Å²) in [5, 5.41) is 14.0.